The molecule has 0 aromatic carbocycles. The normalized spacial score (nSPS) is 29.1. The summed E-state index contributed by atoms with van der Waals surface area (Å²) in [6.07, 6.45) is 3.64. The van der Waals surface area contributed by atoms with E-state index in [-0.39, 0.29) is 19.0 Å². The molecular weight excluding hydrogens is 170 g/mol. The second kappa shape index (κ2) is 6.32. The highest BCUT2D eigenvalue weighted by Gasteiger charge is 2.21. The summed E-state index contributed by atoms with van der Waals surface area (Å²) in [5, 5.41) is 8.88. The Kier molecular flexibility index (Phi) is 5.31. The molecule has 1 rings (SSSR count). The van der Waals surface area contributed by atoms with Crippen molar-refractivity contribution in [1.29, 1.82) is 0 Å². The monoisotopic (exact) mass is 189 g/mol. The zero-order valence-corrected chi connectivity index (χ0v) is 7.95. The van der Waals surface area contributed by atoms with E-state index < -0.39 is 0 Å². The number of aliphatic hydroxyl groups excluding tert-OH is 1. The first-order valence-electron chi connectivity index (χ1n) is 4.95. The van der Waals surface area contributed by atoms with Crippen molar-refractivity contribution in [3.8, 4) is 0 Å². The Balaban J connectivity index is 2.11. The van der Waals surface area contributed by atoms with E-state index in [0.29, 0.717) is 13.2 Å². The Morgan fingerprint density at radius 1 is 1.46 bits per heavy atom. The van der Waals surface area contributed by atoms with Crippen LogP contribution in [0.4, 0.5) is 0 Å². The summed E-state index contributed by atoms with van der Waals surface area (Å²) < 4.78 is 10.9. The number of hydrogen-bond donors (Lipinski definition) is 2. The van der Waals surface area contributed by atoms with Crippen molar-refractivity contribution in [1.82, 2.24) is 0 Å². The van der Waals surface area contributed by atoms with Gasteiger partial charge in [0.25, 0.3) is 0 Å². The summed E-state index contributed by atoms with van der Waals surface area (Å²) in [6.45, 7) is 1.40. The third-order valence-electron chi connectivity index (χ3n) is 2.17. The zero-order chi connectivity index (χ0) is 9.52. The van der Waals surface area contributed by atoms with Gasteiger partial charge in [-0.05, 0) is 32.2 Å². The zero-order valence-electron chi connectivity index (χ0n) is 7.95. The van der Waals surface area contributed by atoms with Gasteiger partial charge in [-0.3, -0.25) is 0 Å². The smallest absolute Gasteiger partial charge is 0.158 e. The van der Waals surface area contributed by atoms with Crippen molar-refractivity contribution in [2.45, 2.75) is 38.1 Å². The van der Waals surface area contributed by atoms with E-state index >= 15 is 0 Å². The minimum absolute atomic E-state index is 0.0309. The second-order valence-electron chi connectivity index (χ2n) is 3.31. The summed E-state index contributed by atoms with van der Waals surface area (Å²) in [5.74, 6) is 0. The first-order valence-corrected chi connectivity index (χ1v) is 4.95. The van der Waals surface area contributed by atoms with Crippen LogP contribution in [-0.4, -0.2) is 37.3 Å². The summed E-state index contributed by atoms with van der Waals surface area (Å²) in [5.41, 5.74) is 5.34. The molecule has 2 unspecified atom stereocenters. The number of hydrogen-bond acceptors (Lipinski definition) is 4. The van der Waals surface area contributed by atoms with Crippen molar-refractivity contribution in [2.75, 3.05) is 19.8 Å². The third kappa shape index (κ3) is 4.04. The van der Waals surface area contributed by atoms with Crippen molar-refractivity contribution >= 4 is 0 Å². The highest BCUT2D eigenvalue weighted by Crippen LogP contribution is 2.19. The van der Waals surface area contributed by atoms with Crippen LogP contribution in [0.2, 0.25) is 0 Å². The summed E-state index contributed by atoms with van der Waals surface area (Å²) in [7, 11) is 0. The molecule has 13 heavy (non-hydrogen) atoms. The molecule has 2 atom stereocenters. The van der Waals surface area contributed by atoms with Gasteiger partial charge in [-0.15, -0.1) is 0 Å². The number of ether oxygens (including phenoxy) is 2. The standard InChI is InChI=1S/C9H19NO3/c10-5-2-6-12-9-4-1-3-8(7-11)13-9/h8-9,11H,1-7,10H2. The topological polar surface area (TPSA) is 64.7 Å². The molecule has 4 heteroatoms. The fourth-order valence-electron chi connectivity index (χ4n) is 1.42. The van der Waals surface area contributed by atoms with Crippen LogP contribution < -0.4 is 5.73 Å². The van der Waals surface area contributed by atoms with Gasteiger partial charge < -0.3 is 20.3 Å². The van der Waals surface area contributed by atoms with E-state index in [1.54, 1.807) is 0 Å². The highest BCUT2D eigenvalue weighted by molar-refractivity contribution is 4.64. The summed E-state index contributed by atoms with van der Waals surface area (Å²) >= 11 is 0. The molecule has 0 aliphatic carbocycles. The lowest BCUT2D eigenvalue weighted by Gasteiger charge is -2.28. The van der Waals surface area contributed by atoms with Crippen molar-refractivity contribution < 1.29 is 14.6 Å². The van der Waals surface area contributed by atoms with E-state index in [2.05, 4.69) is 0 Å². The van der Waals surface area contributed by atoms with Crippen LogP contribution in [0.5, 0.6) is 0 Å². The van der Waals surface area contributed by atoms with Crippen LogP contribution in [0.1, 0.15) is 25.7 Å². The molecule has 78 valence electrons. The second-order valence-corrected chi connectivity index (χ2v) is 3.31. The Morgan fingerprint density at radius 2 is 2.31 bits per heavy atom. The van der Waals surface area contributed by atoms with Crippen molar-refractivity contribution in [2.24, 2.45) is 5.73 Å². The van der Waals surface area contributed by atoms with E-state index in [1.807, 2.05) is 0 Å². The van der Waals surface area contributed by atoms with Crippen LogP contribution in [0.25, 0.3) is 0 Å². The lowest BCUT2D eigenvalue weighted by atomic mass is 10.1. The number of aliphatic hydroxyl groups is 1. The van der Waals surface area contributed by atoms with E-state index in [4.69, 9.17) is 20.3 Å². The molecule has 4 nitrogen and oxygen atoms in total. The van der Waals surface area contributed by atoms with Crippen LogP contribution in [-0.2, 0) is 9.47 Å². The van der Waals surface area contributed by atoms with E-state index in [1.165, 1.54) is 0 Å². The summed E-state index contributed by atoms with van der Waals surface area (Å²) in [4.78, 5) is 0. The lowest BCUT2D eigenvalue weighted by Crippen LogP contribution is -2.32. The molecule has 1 aliphatic rings. The van der Waals surface area contributed by atoms with E-state index in [0.717, 1.165) is 25.7 Å². The van der Waals surface area contributed by atoms with Gasteiger partial charge in [0, 0.05) is 0 Å². The molecule has 0 aromatic rings. The minimum Gasteiger partial charge on any atom is -0.394 e. The maximum Gasteiger partial charge on any atom is 0.158 e. The van der Waals surface area contributed by atoms with Gasteiger partial charge in [0.1, 0.15) is 0 Å². The van der Waals surface area contributed by atoms with Gasteiger partial charge in [-0.25, -0.2) is 0 Å². The minimum atomic E-state index is -0.127. The van der Waals surface area contributed by atoms with Gasteiger partial charge in [0.15, 0.2) is 6.29 Å². The molecule has 0 aromatic heterocycles. The predicted octanol–water partition coefficient (Wildman–Crippen LogP) is 0.239. The molecule has 1 saturated heterocycles. The molecule has 0 radical (unpaired) electrons. The quantitative estimate of drug-likeness (QED) is 0.608. The van der Waals surface area contributed by atoms with Gasteiger partial charge in [-0.1, -0.05) is 0 Å². The van der Waals surface area contributed by atoms with Crippen LogP contribution in [0, 0.1) is 0 Å². The molecule has 3 N–H and O–H groups in total. The molecular formula is C9H19NO3. The predicted molar refractivity (Wildman–Crippen MR) is 49.2 cm³/mol. The van der Waals surface area contributed by atoms with Gasteiger partial charge >= 0.3 is 0 Å². The highest BCUT2D eigenvalue weighted by atomic mass is 16.7. The van der Waals surface area contributed by atoms with Gasteiger partial charge in [0.05, 0.1) is 19.3 Å². The van der Waals surface area contributed by atoms with Gasteiger partial charge in [0.2, 0.25) is 0 Å². The molecule has 0 saturated carbocycles. The Labute approximate surface area is 79.0 Å². The van der Waals surface area contributed by atoms with E-state index in [9.17, 15) is 0 Å². The fourth-order valence-corrected chi connectivity index (χ4v) is 1.42. The fraction of sp³-hybridized carbons (Fsp3) is 1.00. The van der Waals surface area contributed by atoms with Crippen molar-refractivity contribution in [3.63, 3.8) is 0 Å². The maximum absolute atomic E-state index is 8.88. The van der Waals surface area contributed by atoms with Crippen LogP contribution in [0.3, 0.4) is 0 Å². The van der Waals surface area contributed by atoms with Crippen LogP contribution >= 0.6 is 0 Å². The van der Waals surface area contributed by atoms with Crippen molar-refractivity contribution in [3.05, 3.63) is 0 Å². The summed E-state index contributed by atoms with van der Waals surface area (Å²) in [6, 6.07) is 0. The third-order valence-corrected chi connectivity index (χ3v) is 2.17. The molecule has 0 amide bonds. The molecule has 0 spiro atoms. The molecule has 1 heterocycles. The Hall–Kier alpha value is -0.160. The maximum atomic E-state index is 8.88. The average Bonchev–Trinajstić information content (AvgIpc) is 2.19. The van der Waals surface area contributed by atoms with Crippen LogP contribution in [0.15, 0.2) is 0 Å². The molecule has 0 bridgehead atoms. The number of nitrogens with two attached hydrogens (primary N) is 1. The number of rotatable bonds is 5. The molecule has 1 aliphatic heterocycles. The Bertz CT molecular complexity index is 132. The molecule has 1 fully saturated rings. The average molecular weight is 189 g/mol. The lowest BCUT2D eigenvalue weighted by molar-refractivity contribution is -0.200. The first-order chi connectivity index (χ1) is 6.36. The van der Waals surface area contributed by atoms with Gasteiger partial charge in [-0.2, -0.15) is 0 Å². The SMILES string of the molecule is NCCCOC1CCCC(CO)O1. The largest absolute Gasteiger partial charge is 0.394 e. The first kappa shape index (κ1) is 10.9. The Morgan fingerprint density at radius 3 is 3.00 bits per heavy atom.